The zero-order valence-electron chi connectivity index (χ0n) is 9.43. The number of benzene rings is 1. The lowest BCUT2D eigenvalue weighted by molar-refractivity contribution is 0.996. The molecular weight excluding hydrogens is 312 g/mol. The summed E-state index contributed by atoms with van der Waals surface area (Å²) in [7, 11) is 0. The monoisotopic (exact) mass is 322 g/mol. The first-order valence-corrected chi connectivity index (χ1v) is 6.47. The molecule has 4 nitrogen and oxygen atoms in total. The summed E-state index contributed by atoms with van der Waals surface area (Å²) in [6, 6.07) is 9.76. The van der Waals surface area contributed by atoms with Crippen LogP contribution in [0.3, 0.4) is 0 Å². The Balaban J connectivity index is 2.13. The number of rotatable bonds is 4. The molecule has 0 fully saturated rings. The third-order valence-electron chi connectivity index (χ3n) is 2.34. The van der Waals surface area contributed by atoms with E-state index < -0.39 is 0 Å². The third-order valence-corrected chi connectivity index (χ3v) is 3.05. The van der Waals surface area contributed by atoms with Crippen LogP contribution >= 0.6 is 28.1 Å². The Labute approximate surface area is 119 Å². The summed E-state index contributed by atoms with van der Waals surface area (Å²) in [5, 5.41) is 11.0. The SMILES string of the molecule is NC(=S)c1ccnnc1NCc1cccc(Br)c1. The van der Waals surface area contributed by atoms with E-state index in [2.05, 4.69) is 31.4 Å². The van der Waals surface area contributed by atoms with Crippen molar-refractivity contribution >= 4 is 39.0 Å². The average Bonchev–Trinajstić information content (AvgIpc) is 2.37. The van der Waals surface area contributed by atoms with Crippen LogP contribution in [0.5, 0.6) is 0 Å². The second-order valence-corrected chi connectivity index (χ2v) is 5.00. The van der Waals surface area contributed by atoms with E-state index in [1.807, 2.05) is 24.3 Å². The molecule has 0 saturated heterocycles. The Morgan fingerprint density at radius 2 is 2.22 bits per heavy atom. The van der Waals surface area contributed by atoms with Gasteiger partial charge in [-0.05, 0) is 23.8 Å². The maximum Gasteiger partial charge on any atom is 0.159 e. The molecular formula is C12H11BrN4S. The molecule has 0 radical (unpaired) electrons. The van der Waals surface area contributed by atoms with Crippen LogP contribution < -0.4 is 11.1 Å². The van der Waals surface area contributed by atoms with Gasteiger partial charge in [-0.3, -0.25) is 0 Å². The predicted molar refractivity (Wildman–Crippen MR) is 79.4 cm³/mol. The highest BCUT2D eigenvalue weighted by Gasteiger charge is 2.06. The number of anilines is 1. The molecule has 92 valence electrons. The maximum absolute atomic E-state index is 5.62. The molecule has 6 heteroatoms. The van der Waals surface area contributed by atoms with Crippen molar-refractivity contribution in [3.05, 3.63) is 52.1 Å². The Bertz CT molecular complexity index is 574. The van der Waals surface area contributed by atoms with E-state index >= 15 is 0 Å². The van der Waals surface area contributed by atoms with Crippen LogP contribution in [-0.2, 0) is 6.54 Å². The van der Waals surface area contributed by atoms with Crippen molar-refractivity contribution < 1.29 is 0 Å². The fourth-order valence-electron chi connectivity index (χ4n) is 1.49. The van der Waals surface area contributed by atoms with Gasteiger partial charge in [0.25, 0.3) is 0 Å². The molecule has 0 aliphatic carbocycles. The van der Waals surface area contributed by atoms with E-state index in [1.54, 1.807) is 12.3 Å². The summed E-state index contributed by atoms with van der Waals surface area (Å²) in [5.41, 5.74) is 7.46. The van der Waals surface area contributed by atoms with Gasteiger partial charge < -0.3 is 11.1 Å². The Kier molecular flexibility index (Phi) is 4.22. The molecule has 0 aliphatic heterocycles. The minimum absolute atomic E-state index is 0.307. The summed E-state index contributed by atoms with van der Waals surface area (Å²) in [5.74, 6) is 0.602. The number of nitrogens with one attached hydrogen (secondary N) is 1. The molecule has 1 aromatic carbocycles. The van der Waals surface area contributed by atoms with Gasteiger partial charge in [-0.1, -0.05) is 40.3 Å². The molecule has 0 bridgehead atoms. The molecule has 0 amide bonds. The Morgan fingerprint density at radius 3 is 2.94 bits per heavy atom. The molecule has 0 atom stereocenters. The van der Waals surface area contributed by atoms with Crippen molar-refractivity contribution in [2.75, 3.05) is 5.32 Å². The summed E-state index contributed by atoms with van der Waals surface area (Å²) < 4.78 is 1.04. The maximum atomic E-state index is 5.62. The average molecular weight is 323 g/mol. The first-order valence-electron chi connectivity index (χ1n) is 5.26. The lowest BCUT2D eigenvalue weighted by Gasteiger charge is -2.09. The zero-order chi connectivity index (χ0) is 13.0. The molecule has 18 heavy (non-hydrogen) atoms. The van der Waals surface area contributed by atoms with E-state index in [1.165, 1.54) is 0 Å². The summed E-state index contributed by atoms with van der Waals surface area (Å²) >= 11 is 8.39. The molecule has 2 aromatic rings. The van der Waals surface area contributed by atoms with E-state index in [0.29, 0.717) is 22.9 Å². The zero-order valence-corrected chi connectivity index (χ0v) is 11.8. The highest BCUT2D eigenvalue weighted by molar-refractivity contribution is 9.10. The molecule has 0 unspecified atom stereocenters. The summed E-state index contributed by atoms with van der Waals surface area (Å²) in [4.78, 5) is 0.307. The highest BCUT2D eigenvalue weighted by Crippen LogP contribution is 2.14. The van der Waals surface area contributed by atoms with Gasteiger partial charge in [-0.25, -0.2) is 0 Å². The van der Waals surface area contributed by atoms with Crippen LogP contribution in [0.15, 0.2) is 41.0 Å². The van der Waals surface area contributed by atoms with E-state index in [4.69, 9.17) is 18.0 Å². The first-order chi connectivity index (χ1) is 8.66. The number of nitrogens with two attached hydrogens (primary N) is 1. The number of thiocarbonyl (C=S) groups is 1. The van der Waals surface area contributed by atoms with Crippen LogP contribution in [-0.4, -0.2) is 15.2 Å². The van der Waals surface area contributed by atoms with Gasteiger partial charge in [0.2, 0.25) is 0 Å². The highest BCUT2D eigenvalue weighted by atomic mass is 79.9. The number of halogens is 1. The largest absolute Gasteiger partial charge is 0.389 e. The predicted octanol–water partition coefficient (Wildman–Crippen LogP) is 2.49. The van der Waals surface area contributed by atoms with Crippen molar-refractivity contribution in [2.45, 2.75) is 6.54 Å². The van der Waals surface area contributed by atoms with Gasteiger partial charge in [-0.2, -0.15) is 5.10 Å². The van der Waals surface area contributed by atoms with Crippen molar-refractivity contribution in [1.82, 2.24) is 10.2 Å². The van der Waals surface area contributed by atoms with E-state index in [-0.39, 0.29) is 0 Å². The molecule has 2 rings (SSSR count). The van der Waals surface area contributed by atoms with Gasteiger partial charge >= 0.3 is 0 Å². The summed E-state index contributed by atoms with van der Waals surface area (Å²) in [6.07, 6.45) is 1.57. The standard InChI is InChI=1S/C12H11BrN4S/c13-9-3-1-2-8(6-9)7-15-12-10(11(14)18)4-5-16-17-12/h1-6H,7H2,(H2,14,18)(H,15,17). The fraction of sp³-hybridized carbons (Fsp3) is 0.0833. The van der Waals surface area contributed by atoms with Gasteiger partial charge in [0.05, 0.1) is 11.8 Å². The minimum atomic E-state index is 0.307. The van der Waals surface area contributed by atoms with Crippen LogP contribution in [0.25, 0.3) is 0 Å². The molecule has 0 spiro atoms. The van der Waals surface area contributed by atoms with Crippen molar-refractivity contribution in [1.29, 1.82) is 0 Å². The molecule has 3 N–H and O–H groups in total. The van der Waals surface area contributed by atoms with E-state index in [9.17, 15) is 0 Å². The normalized spacial score (nSPS) is 10.1. The van der Waals surface area contributed by atoms with Crippen molar-refractivity contribution in [2.24, 2.45) is 5.73 Å². The Morgan fingerprint density at radius 1 is 1.39 bits per heavy atom. The quantitative estimate of drug-likeness (QED) is 0.847. The van der Waals surface area contributed by atoms with Crippen LogP contribution in [0.2, 0.25) is 0 Å². The van der Waals surface area contributed by atoms with Crippen molar-refractivity contribution in [3.63, 3.8) is 0 Å². The smallest absolute Gasteiger partial charge is 0.159 e. The molecule has 1 heterocycles. The van der Waals surface area contributed by atoms with Gasteiger partial charge in [0.1, 0.15) is 4.99 Å². The van der Waals surface area contributed by atoms with Crippen LogP contribution in [0.4, 0.5) is 5.82 Å². The second-order valence-electron chi connectivity index (χ2n) is 3.64. The molecule has 1 aromatic heterocycles. The molecule has 0 saturated carbocycles. The topological polar surface area (TPSA) is 63.8 Å². The minimum Gasteiger partial charge on any atom is -0.389 e. The number of hydrogen-bond acceptors (Lipinski definition) is 4. The number of nitrogens with zero attached hydrogens (tertiary/aromatic N) is 2. The first kappa shape index (κ1) is 12.9. The van der Waals surface area contributed by atoms with Crippen LogP contribution in [0, 0.1) is 0 Å². The fourth-order valence-corrected chi connectivity index (χ4v) is 2.11. The molecule has 0 aliphatic rings. The number of aromatic nitrogens is 2. The summed E-state index contributed by atoms with van der Waals surface area (Å²) in [6.45, 7) is 0.633. The van der Waals surface area contributed by atoms with Gasteiger partial charge in [0.15, 0.2) is 5.82 Å². The lowest BCUT2D eigenvalue weighted by Crippen LogP contribution is -2.14. The lowest BCUT2D eigenvalue weighted by atomic mass is 10.2. The number of hydrogen-bond donors (Lipinski definition) is 2. The Hall–Kier alpha value is -1.53. The van der Waals surface area contributed by atoms with Crippen LogP contribution in [0.1, 0.15) is 11.1 Å². The third kappa shape index (κ3) is 3.24. The van der Waals surface area contributed by atoms with Gasteiger partial charge in [-0.15, -0.1) is 5.10 Å². The second kappa shape index (κ2) is 5.88. The van der Waals surface area contributed by atoms with Gasteiger partial charge in [0, 0.05) is 11.0 Å². The van der Waals surface area contributed by atoms with Crippen molar-refractivity contribution in [3.8, 4) is 0 Å². The van der Waals surface area contributed by atoms with E-state index in [0.717, 1.165) is 10.0 Å².